The molecule has 0 radical (unpaired) electrons. The summed E-state index contributed by atoms with van der Waals surface area (Å²) in [4.78, 5) is 17.3. The smallest absolute Gasteiger partial charge is 0.253 e. The molecule has 2 heterocycles. The molecule has 5 nitrogen and oxygen atoms in total. The third-order valence-electron chi connectivity index (χ3n) is 5.38. The largest absolute Gasteiger partial charge is 0.381 e. The number of pyridine rings is 1. The minimum atomic E-state index is -0.00185. The Hall–Kier alpha value is -2.40. The molecule has 2 N–H and O–H groups in total. The number of hydrogen-bond acceptors (Lipinski definition) is 4. The Kier molecular flexibility index (Phi) is 5.39. The molecule has 1 aromatic carbocycles. The molecular formula is C22H27N3O2. The molecule has 5 heteroatoms. The van der Waals surface area contributed by atoms with Gasteiger partial charge < -0.3 is 15.4 Å². The highest BCUT2D eigenvalue weighted by Gasteiger charge is 2.29. The van der Waals surface area contributed by atoms with Gasteiger partial charge in [-0.1, -0.05) is 12.1 Å². The molecule has 27 heavy (non-hydrogen) atoms. The van der Waals surface area contributed by atoms with E-state index in [0.29, 0.717) is 11.8 Å². The van der Waals surface area contributed by atoms with Crippen molar-refractivity contribution in [1.82, 2.24) is 10.3 Å². The first kappa shape index (κ1) is 18.0. The normalized spacial score (nSPS) is 17.5. The van der Waals surface area contributed by atoms with Crippen molar-refractivity contribution in [1.29, 1.82) is 0 Å². The number of benzene rings is 1. The lowest BCUT2D eigenvalue weighted by Crippen LogP contribution is -2.32. The molecule has 1 saturated carbocycles. The number of hydrogen-bond donors (Lipinski definition) is 2. The summed E-state index contributed by atoms with van der Waals surface area (Å²) < 4.78 is 5.39. The van der Waals surface area contributed by atoms with Gasteiger partial charge in [0.2, 0.25) is 0 Å². The Morgan fingerprint density at radius 1 is 1.19 bits per heavy atom. The predicted molar refractivity (Wildman–Crippen MR) is 107 cm³/mol. The van der Waals surface area contributed by atoms with E-state index in [1.54, 1.807) is 6.20 Å². The zero-order chi connectivity index (χ0) is 18.6. The van der Waals surface area contributed by atoms with Crippen LogP contribution in [0.1, 0.15) is 53.1 Å². The summed E-state index contributed by atoms with van der Waals surface area (Å²) in [7, 11) is 0. The van der Waals surface area contributed by atoms with Gasteiger partial charge in [-0.3, -0.25) is 4.79 Å². The minimum absolute atomic E-state index is 0.00185. The molecule has 4 rings (SSSR count). The van der Waals surface area contributed by atoms with Gasteiger partial charge in [-0.05, 0) is 73.8 Å². The van der Waals surface area contributed by atoms with Crippen LogP contribution in [-0.4, -0.2) is 30.6 Å². The zero-order valence-electron chi connectivity index (χ0n) is 15.8. The van der Waals surface area contributed by atoms with Gasteiger partial charge in [-0.2, -0.15) is 0 Å². The summed E-state index contributed by atoms with van der Waals surface area (Å²) in [6.07, 6.45) is 6.06. The van der Waals surface area contributed by atoms with Crippen LogP contribution in [0.25, 0.3) is 0 Å². The van der Waals surface area contributed by atoms with Crippen LogP contribution in [-0.2, 0) is 4.74 Å². The van der Waals surface area contributed by atoms with Crippen molar-refractivity contribution in [2.24, 2.45) is 5.92 Å². The average Bonchev–Trinajstić information content (AvgIpc) is 3.52. The lowest BCUT2D eigenvalue weighted by molar-refractivity contribution is 0.0642. The van der Waals surface area contributed by atoms with Crippen LogP contribution in [0.4, 0.5) is 11.5 Å². The second kappa shape index (κ2) is 8.09. The van der Waals surface area contributed by atoms with E-state index in [9.17, 15) is 4.79 Å². The number of carbonyl (C=O) groups is 1. The van der Waals surface area contributed by atoms with Crippen molar-refractivity contribution in [3.05, 3.63) is 53.2 Å². The number of aromatic nitrogens is 1. The van der Waals surface area contributed by atoms with E-state index in [4.69, 9.17) is 4.74 Å². The van der Waals surface area contributed by atoms with Gasteiger partial charge in [0.05, 0.1) is 5.56 Å². The van der Waals surface area contributed by atoms with E-state index in [-0.39, 0.29) is 5.91 Å². The standard InChI is InChI=1S/C22H27N3O2/c1-15-3-2-4-18(11-15)25-21-12-19(17-5-6-17)20(14-23-21)22(26)24-13-16-7-9-27-10-8-16/h2-4,11-12,14,16-17H,5-10,13H2,1H3,(H,23,25)(H,24,26). The van der Waals surface area contributed by atoms with Gasteiger partial charge >= 0.3 is 0 Å². The topological polar surface area (TPSA) is 63.2 Å². The van der Waals surface area contributed by atoms with Crippen LogP contribution in [0.15, 0.2) is 36.5 Å². The van der Waals surface area contributed by atoms with E-state index in [0.717, 1.165) is 68.1 Å². The third-order valence-corrected chi connectivity index (χ3v) is 5.38. The first-order valence-corrected chi connectivity index (χ1v) is 9.88. The lowest BCUT2D eigenvalue weighted by atomic mass is 10.00. The fraction of sp³-hybridized carbons (Fsp3) is 0.455. The average molecular weight is 365 g/mol. The Morgan fingerprint density at radius 3 is 2.74 bits per heavy atom. The lowest BCUT2D eigenvalue weighted by Gasteiger charge is -2.22. The number of nitrogens with zero attached hydrogens (tertiary/aromatic N) is 1. The monoisotopic (exact) mass is 365 g/mol. The Morgan fingerprint density at radius 2 is 2.00 bits per heavy atom. The van der Waals surface area contributed by atoms with Crippen molar-refractivity contribution < 1.29 is 9.53 Å². The number of rotatable bonds is 6. The van der Waals surface area contributed by atoms with E-state index in [1.807, 2.05) is 18.2 Å². The number of ether oxygens (including phenoxy) is 1. The van der Waals surface area contributed by atoms with Crippen LogP contribution in [0.5, 0.6) is 0 Å². The van der Waals surface area contributed by atoms with Crippen LogP contribution in [0.3, 0.4) is 0 Å². The van der Waals surface area contributed by atoms with Gasteiger partial charge in [-0.15, -0.1) is 0 Å². The van der Waals surface area contributed by atoms with Crippen LogP contribution in [0, 0.1) is 12.8 Å². The van der Waals surface area contributed by atoms with Crippen LogP contribution in [0.2, 0.25) is 0 Å². The molecule has 2 fully saturated rings. The van der Waals surface area contributed by atoms with E-state index in [1.165, 1.54) is 5.56 Å². The molecule has 1 aliphatic heterocycles. The molecule has 2 aliphatic rings. The Balaban J connectivity index is 1.46. The fourth-order valence-corrected chi connectivity index (χ4v) is 3.61. The molecule has 1 aliphatic carbocycles. The van der Waals surface area contributed by atoms with Gasteiger partial charge in [0.25, 0.3) is 5.91 Å². The number of carbonyl (C=O) groups excluding carboxylic acids is 1. The molecule has 0 bridgehead atoms. The van der Waals surface area contributed by atoms with E-state index >= 15 is 0 Å². The molecule has 2 aromatic rings. The number of nitrogens with one attached hydrogen (secondary N) is 2. The highest BCUT2D eigenvalue weighted by Crippen LogP contribution is 2.42. The number of amides is 1. The van der Waals surface area contributed by atoms with Crippen molar-refractivity contribution >= 4 is 17.4 Å². The van der Waals surface area contributed by atoms with Crippen LogP contribution < -0.4 is 10.6 Å². The third kappa shape index (κ3) is 4.66. The molecule has 1 aromatic heterocycles. The summed E-state index contributed by atoms with van der Waals surface area (Å²) in [5.41, 5.74) is 4.05. The summed E-state index contributed by atoms with van der Waals surface area (Å²) in [5, 5.41) is 6.47. The highest BCUT2D eigenvalue weighted by molar-refractivity contribution is 5.96. The first-order valence-electron chi connectivity index (χ1n) is 9.88. The summed E-state index contributed by atoms with van der Waals surface area (Å²) in [6.45, 7) is 4.39. The number of anilines is 2. The van der Waals surface area contributed by atoms with E-state index in [2.05, 4.69) is 34.7 Å². The summed E-state index contributed by atoms with van der Waals surface area (Å²) >= 11 is 0. The molecule has 1 saturated heterocycles. The van der Waals surface area contributed by atoms with Crippen molar-refractivity contribution in [2.75, 3.05) is 25.1 Å². The summed E-state index contributed by atoms with van der Waals surface area (Å²) in [6, 6.07) is 10.3. The Bertz CT molecular complexity index is 811. The zero-order valence-corrected chi connectivity index (χ0v) is 15.8. The summed E-state index contributed by atoms with van der Waals surface area (Å²) in [5.74, 6) is 1.79. The van der Waals surface area contributed by atoms with Crippen LogP contribution >= 0.6 is 0 Å². The minimum Gasteiger partial charge on any atom is -0.381 e. The maximum Gasteiger partial charge on any atom is 0.253 e. The van der Waals surface area contributed by atoms with Gasteiger partial charge in [-0.25, -0.2) is 4.98 Å². The SMILES string of the molecule is Cc1cccc(Nc2cc(C3CC3)c(C(=O)NCC3CCOCC3)cn2)c1. The molecular weight excluding hydrogens is 338 g/mol. The second-order valence-corrected chi connectivity index (χ2v) is 7.69. The second-order valence-electron chi connectivity index (χ2n) is 7.69. The quantitative estimate of drug-likeness (QED) is 0.806. The van der Waals surface area contributed by atoms with Crippen molar-refractivity contribution in [3.63, 3.8) is 0 Å². The highest BCUT2D eigenvalue weighted by atomic mass is 16.5. The molecule has 0 atom stereocenters. The van der Waals surface area contributed by atoms with Crippen molar-refractivity contribution in [3.8, 4) is 0 Å². The molecule has 0 unspecified atom stereocenters. The molecule has 142 valence electrons. The predicted octanol–water partition coefficient (Wildman–Crippen LogP) is 4.17. The fourth-order valence-electron chi connectivity index (χ4n) is 3.61. The van der Waals surface area contributed by atoms with E-state index < -0.39 is 0 Å². The van der Waals surface area contributed by atoms with Gasteiger partial charge in [0.15, 0.2) is 0 Å². The first-order chi connectivity index (χ1) is 13.2. The Labute approximate surface area is 160 Å². The number of aryl methyl sites for hydroxylation is 1. The van der Waals surface area contributed by atoms with Gasteiger partial charge in [0, 0.05) is 31.6 Å². The molecule has 0 spiro atoms. The molecule has 1 amide bonds. The maximum atomic E-state index is 12.8. The van der Waals surface area contributed by atoms with Crippen molar-refractivity contribution in [2.45, 2.75) is 38.5 Å². The maximum absolute atomic E-state index is 12.8. The van der Waals surface area contributed by atoms with Gasteiger partial charge in [0.1, 0.15) is 5.82 Å².